The van der Waals surface area contributed by atoms with Crippen LogP contribution in [0.4, 0.5) is 0 Å². The van der Waals surface area contributed by atoms with Crippen molar-refractivity contribution in [1.29, 1.82) is 0 Å². The first-order valence-corrected chi connectivity index (χ1v) is 5.87. The Morgan fingerprint density at radius 2 is 2.00 bits per heavy atom. The number of rotatable bonds is 4. The number of hydrogen-bond acceptors (Lipinski definition) is 3. The Morgan fingerprint density at radius 1 is 1.41 bits per heavy atom. The van der Waals surface area contributed by atoms with Gasteiger partial charge in [0.25, 0.3) is 0 Å². The third-order valence-corrected chi connectivity index (χ3v) is 3.54. The average molecular weight is 303 g/mol. The number of carboxylic acids is 1. The van der Waals surface area contributed by atoms with Gasteiger partial charge in [0.1, 0.15) is 0 Å². The maximum atomic E-state index is 11.1. The van der Waals surface area contributed by atoms with Gasteiger partial charge >= 0.3 is 5.97 Å². The summed E-state index contributed by atoms with van der Waals surface area (Å²) in [6.07, 6.45) is 0. The van der Waals surface area contributed by atoms with Crippen LogP contribution < -0.4 is 9.47 Å². The molecule has 0 aliphatic rings. The zero-order valence-electron chi connectivity index (χ0n) is 10.2. The Labute approximate surface area is 109 Å². The van der Waals surface area contributed by atoms with E-state index in [0.717, 1.165) is 10.0 Å². The first kappa shape index (κ1) is 13.8. The van der Waals surface area contributed by atoms with Gasteiger partial charge in [-0.1, -0.05) is 15.9 Å². The molecule has 1 rings (SSSR count). The summed E-state index contributed by atoms with van der Waals surface area (Å²) in [7, 11) is 3.03. The second kappa shape index (κ2) is 5.40. The maximum Gasteiger partial charge on any atom is 0.310 e. The summed E-state index contributed by atoms with van der Waals surface area (Å²) in [6.45, 7) is 3.47. The summed E-state index contributed by atoms with van der Waals surface area (Å²) >= 11 is 3.39. The fourth-order valence-electron chi connectivity index (χ4n) is 1.73. The highest BCUT2D eigenvalue weighted by molar-refractivity contribution is 9.10. The van der Waals surface area contributed by atoms with E-state index in [4.69, 9.17) is 14.6 Å². The molecule has 1 unspecified atom stereocenters. The first-order chi connectivity index (χ1) is 7.93. The number of carboxylic acid groups (broad SMARTS) is 1. The van der Waals surface area contributed by atoms with Crippen LogP contribution in [0.1, 0.15) is 24.0 Å². The Hall–Kier alpha value is -1.23. The van der Waals surface area contributed by atoms with Crippen LogP contribution in [0.5, 0.6) is 11.5 Å². The molecule has 1 N–H and O–H groups in total. The largest absolute Gasteiger partial charge is 0.493 e. The molecular weight excluding hydrogens is 288 g/mol. The SMILES string of the molecule is COc1cc(Br)c(C)c(C(C)C(=O)O)c1OC. The van der Waals surface area contributed by atoms with Gasteiger partial charge in [-0.25, -0.2) is 0 Å². The van der Waals surface area contributed by atoms with Crippen molar-refractivity contribution in [2.45, 2.75) is 19.8 Å². The topological polar surface area (TPSA) is 55.8 Å². The molecule has 4 nitrogen and oxygen atoms in total. The number of carbonyl (C=O) groups is 1. The monoisotopic (exact) mass is 302 g/mol. The predicted molar refractivity (Wildman–Crippen MR) is 68.0 cm³/mol. The second-order valence-corrected chi connectivity index (χ2v) is 4.55. The molecule has 5 heteroatoms. The van der Waals surface area contributed by atoms with Crippen LogP contribution in [0, 0.1) is 6.92 Å². The van der Waals surface area contributed by atoms with Crippen molar-refractivity contribution in [2.24, 2.45) is 0 Å². The highest BCUT2D eigenvalue weighted by Gasteiger charge is 2.25. The van der Waals surface area contributed by atoms with E-state index in [1.807, 2.05) is 6.92 Å². The number of benzene rings is 1. The highest BCUT2D eigenvalue weighted by Crippen LogP contribution is 2.41. The number of aliphatic carboxylic acids is 1. The molecule has 1 aromatic rings. The van der Waals surface area contributed by atoms with Crippen LogP contribution >= 0.6 is 15.9 Å². The van der Waals surface area contributed by atoms with Gasteiger partial charge in [-0.15, -0.1) is 0 Å². The predicted octanol–water partition coefficient (Wildman–Crippen LogP) is 2.96. The molecule has 0 saturated heterocycles. The molecule has 0 aliphatic carbocycles. The van der Waals surface area contributed by atoms with Crippen LogP contribution in [-0.2, 0) is 4.79 Å². The third-order valence-electron chi connectivity index (χ3n) is 2.72. The van der Waals surface area contributed by atoms with Crippen molar-refractivity contribution in [2.75, 3.05) is 14.2 Å². The minimum absolute atomic E-state index is 0.475. The first-order valence-electron chi connectivity index (χ1n) is 5.07. The van der Waals surface area contributed by atoms with Crippen LogP contribution in [-0.4, -0.2) is 25.3 Å². The Balaban J connectivity index is 3.53. The fraction of sp³-hybridized carbons (Fsp3) is 0.417. The molecule has 1 aromatic carbocycles. The summed E-state index contributed by atoms with van der Waals surface area (Å²) < 4.78 is 11.3. The van der Waals surface area contributed by atoms with Gasteiger partial charge in [0.05, 0.1) is 20.1 Å². The van der Waals surface area contributed by atoms with E-state index < -0.39 is 11.9 Å². The van der Waals surface area contributed by atoms with Crippen molar-refractivity contribution in [1.82, 2.24) is 0 Å². The molecule has 0 aliphatic heterocycles. The average Bonchev–Trinajstić information content (AvgIpc) is 2.30. The highest BCUT2D eigenvalue weighted by atomic mass is 79.9. The van der Waals surface area contributed by atoms with Gasteiger partial charge in [0.15, 0.2) is 11.5 Å². The summed E-state index contributed by atoms with van der Waals surface area (Å²) in [4.78, 5) is 11.1. The molecule has 0 aromatic heterocycles. The van der Waals surface area contributed by atoms with E-state index in [-0.39, 0.29) is 0 Å². The maximum absolute atomic E-state index is 11.1. The summed E-state index contributed by atoms with van der Waals surface area (Å²) in [5.74, 6) is -0.556. The molecule has 0 bridgehead atoms. The van der Waals surface area contributed by atoms with E-state index in [1.54, 1.807) is 13.0 Å². The van der Waals surface area contributed by atoms with Crippen molar-refractivity contribution in [3.63, 3.8) is 0 Å². The quantitative estimate of drug-likeness (QED) is 0.929. The van der Waals surface area contributed by atoms with Crippen LogP contribution in [0.15, 0.2) is 10.5 Å². The molecule has 17 heavy (non-hydrogen) atoms. The van der Waals surface area contributed by atoms with Gasteiger partial charge < -0.3 is 14.6 Å². The molecule has 0 fully saturated rings. The molecular formula is C12H15BrO4. The van der Waals surface area contributed by atoms with E-state index in [2.05, 4.69) is 15.9 Å². The van der Waals surface area contributed by atoms with E-state index in [1.165, 1.54) is 14.2 Å². The van der Waals surface area contributed by atoms with Gasteiger partial charge in [-0.2, -0.15) is 0 Å². The zero-order chi connectivity index (χ0) is 13.2. The smallest absolute Gasteiger partial charge is 0.310 e. The number of hydrogen-bond donors (Lipinski definition) is 1. The van der Waals surface area contributed by atoms with Crippen LogP contribution in [0.3, 0.4) is 0 Å². The molecule has 0 spiro atoms. The molecule has 0 saturated carbocycles. The zero-order valence-corrected chi connectivity index (χ0v) is 11.8. The lowest BCUT2D eigenvalue weighted by Crippen LogP contribution is -2.11. The van der Waals surface area contributed by atoms with Gasteiger partial charge in [-0.05, 0) is 25.5 Å². The molecule has 0 amide bonds. The third kappa shape index (κ3) is 2.54. The van der Waals surface area contributed by atoms with Crippen molar-refractivity contribution in [3.05, 3.63) is 21.7 Å². The Kier molecular flexibility index (Phi) is 4.40. The van der Waals surface area contributed by atoms with Crippen molar-refractivity contribution in [3.8, 4) is 11.5 Å². The fourth-order valence-corrected chi connectivity index (χ4v) is 2.15. The lowest BCUT2D eigenvalue weighted by Gasteiger charge is -2.19. The van der Waals surface area contributed by atoms with Gasteiger partial charge in [-0.3, -0.25) is 4.79 Å². The van der Waals surface area contributed by atoms with E-state index in [9.17, 15) is 4.79 Å². The minimum Gasteiger partial charge on any atom is -0.493 e. The normalized spacial score (nSPS) is 12.1. The minimum atomic E-state index is -0.897. The van der Waals surface area contributed by atoms with E-state index >= 15 is 0 Å². The second-order valence-electron chi connectivity index (χ2n) is 3.69. The number of methoxy groups -OCH3 is 2. The van der Waals surface area contributed by atoms with Crippen molar-refractivity contribution < 1.29 is 19.4 Å². The molecule has 0 radical (unpaired) electrons. The molecule has 94 valence electrons. The molecule has 0 heterocycles. The Bertz CT molecular complexity index is 443. The van der Waals surface area contributed by atoms with Crippen LogP contribution in [0.2, 0.25) is 0 Å². The van der Waals surface area contributed by atoms with Gasteiger partial charge in [0.2, 0.25) is 0 Å². The van der Waals surface area contributed by atoms with Crippen LogP contribution in [0.25, 0.3) is 0 Å². The summed E-state index contributed by atoms with van der Waals surface area (Å²) in [6, 6.07) is 1.77. The molecule has 1 atom stereocenters. The summed E-state index contributed by atoms with van der Waals surface area (Å²) in [5.41, 5.74) is 1.48. The van der Waals surface area contributed by atoms with Gasteiger partial charge in [0, 0.05) is 10.0 Å². The van der Waals surface area contributed by atoms with Crippen molar-refractivity contribution >= 4 is 21.9 Å². The number of ether oxygens (including phenoxy) is 2. The standard InChI is InChI=1S/C12H15BrO4/c1-6-8(13)5-9(16-3)11(17-4)10(6)7(2)12(14)15/h5,7H,1-4H3,(H,14,15). The lowest BCUT2D eigenvalue weighted by molar-refractivity contribution is -0.138. The number of halogens is 1. The summed E-state index contributed by atoms with van der Waals surface area (Å²) in [5, 5.41) is 9.12. The lowest BCUT2D eigenvalue weighted by atomic mass is 9.95. The van der Waals surface area contributed by atoms with E-state index in [0.29, 0.717) is 17.1 Å². The Morgan fingerprint density at radius 3 is 2.41 bits per heavy atom.